The minimum Gasteiger partial charge on any atom is -0.301 e. The van der Waals surface area contributed by atoms with E-state index in [2.05, 4.69) is 41.9 Å². The Morgan fingerprint density at radius 3 is 2.91 bits per heavy atom. The zero-order chi connectivity index (χ0) is 16.4. The highest BCUT2D eigenvalue weighted by molar-refractivity contribution is 7.99. The highest BCUT2D eigenvalue weighted by Crippen LogP contribution is 2.22. The van der Waals surface area contributed by atoms with Gasteiger partial charge in [-0.3, -0.25) is 4.79 Å². The van der Waals surface area contributed by atoms with Gasteiger partial charge in [0.15, 0.2) is 10.8 Å². The molecule has 23 heavy (non-hydrogen) atoms. The molecule has 2 aromatic heterocycles. The summed E-state index contributed by atoms with van der Waals surface area (Å²) in [5.41, 5.74) is 3.77. The minimum atomic E-state index is -0.134. The van der Waals surface area contributed by atoms with E-state index in [9.17, 15) is 4.79 Å². The number of H-pyrrole nitrogens is 1. The van der Waals surface area contributed by atoms with Crippen molar-refractivity contribution in [2.24, 2.45) is 0 Å². The summed E-state index contributed by atoms with van der Waals surface area (Å²) in [6, 6.07) is 6.06. The first-order valence-electron chi connectivity index (χ1n) is 7.79. The average Bonchev–Trinajstić information content (AvgIpc) is 2.95. The fourth-order valence-corrected chi connectivity index (χ4v) is 3.36. The molecule has 120 valence electrons. The maximum Gasteiger partial charge on any atom is 0.262 e. The van der Waals surface area contributed by atoms with E-state index in [0.29, 0.717) is 16.2 Å². The summed E-state index contributed by atoms with van der Waals surface area (Å²) in [4.78, 5) is 19.7. The molecule has 0 radical (unpaired) electrons. The van der Waals surface area contributed by atoms with Gasteiger partial charge in [0.25, 0.3) is 5.56 Å². The van der Waals surface area contributed by atoms with E-state index in [-0.39, 0.29) is 5.56 Å². The minimum absolute atomic E-state index is 0.134. The zero-order valence-electron chi connectivity index (χ0n) is 13.6. The lowest BCUT2D eigenvalue weighted by Gasteiger charge is -2.09. The van der Waals surface area contributed by atoms with Gasteiger partial charge in [-0.1, -0.05) is 37.2 Å². The Bertz CT molecular complexity index is 897. The number of thioether (sulfide) groups is 1. The van der Waals surface area contributed by atoms with Gasteiger partial charge >= 0.3 is 0 Å². The molecule has 1 aromatic carbocycles. The highest BCUT2D eigenvalue weighted by Gasteiger charge is 2.13. The van der Waals surface area contributed by atoms with Gasteiger partial charge in [0.2, 0.25) is 0 Å². The van der Waals surface area contributed by atoms with Gasteiger partial charge in [0.1, 0.15) is 5.39 Å². The van der Waals surface area contributed by atoms with Gasteiger partial charge in [-0.2, -0.15) is 5.10 Å². The summed E-state index contributed by atoms with van der Waals surface area (Å²) in [5, 5.41) is 5.57. The molecule has 2 heterocycles. The lowest BCUT2D eigenvalue weighted by Crippen LogP contribution is -2.10. The molecular formula is C17H20N4OS. The SMILES string of the molecule is CCCCSc1nc2c(cnn2-c2cccc(C)c2C)c(=O)[nH]1. The number of rotatable bonds is 5. The van der Waals surface area contributed by atoms with E-state index in [1.165, 1.54) is 5.56 Å². The van der Waals surface area contributed by atoms with Crippen molar-refractivity contribution in [3.05, 3.63) is 45.9 Å². The Kier molecular flexibility index (Phi) is 4.52. The van der Waals surface area contributed by atoms with Crippen molar-refractivity contribution in [2.75, 3.05) is 5.75 Å². The Morgan fingerprint density at radius 1 is 1.30 bits per heavy atom. The topological polar surface area (TPSA) is 63.6 Å². The number of hydrogen-bond acceptors (Lipinski definition) is 4. The summed E-state index contributed by atoms with van der Waals surface area (Å²) in [6.07, 6.45) is 3.81. The number of nitrogens with one attached hydrogen (secondary N) is 1. The number of aromatic nitrogens is 4. The van der Waals surface area contributed by atoms with Crippen LogP contribution < -0.4 is 5.56 Å². The first-order chi connectivity index (χ1) is 11.1. The quantitative estimate of drug-likeness (QED) is 0.441. The van der Waals surface area contributed by atoms with E-state index >= 15 is 0 Å². The van der Waals surface area contributed by atoms with Gasteiger partial charge in [0.05, 0.1) is 11.9 Å². The van der Waals surface area contributed by atoms with Crippen LogP contribution in [0.3, 0.4) is 0 Å². The van der Waals surface area contributed by atoms with Crippen LogP contribution in [-0.4, -0.2) is 25.5 Å². The van der Waals surface area contributed by atoms with Crippen LogP contribution in [0.2, 0.25) is 0 Å². The number of unbranched alkanes of at least 4 members (excludes halogenated alkanes) is 1. The molecule has 0 unspecified atom stereocenters. The van der Waals surface area contributed by atoms with E-state index in [1.54, 1.807) is 22.6 Å². The van der Waals surface area contributed by atoms with Crippen molar-refractivity contribution < 1.29 is 0 Å². The fraction of sp³-hybridized carbons (Fsp3) is 0.353. The number of nitrogens with zero attached hydrogens (tertiary/aromatic N) is 3. The molecule has 0 saturated heterocycles. The molecule has 0 atom stereocenters. The van der Waals surface area contributed by atoms with Crippen molar-refractivity contribution in [3.8, 4) is 5.69 Å². The molecule has 0 spiro atoms. The predicted octanol–water partition coefficient (Wildman–Crippen LogP) is 3.62. The van der Waals surface area contributed by atoms with E-state index < -0.39 is 0 Å². The molecule has 0 aliphatic carbocycles. The first-order valence-corrected chi connectivity index (χ1v) is 8.77. The molecule has 0 saturated carbocycles. The summed E-state index contributed by atoms with van der Waals surface area (Å²) in [7, 11) is 0. The molecule has 0 aliphatic rings. The maximum absolute atomic E-state index is 12.3. The van der Waals surface area contributed by atoms with Gasteiger partial charge in [-0.15, -0.1) is 0 Å². The molecule has 0 aliphatic heterocycles. The van der Waals surface area contributed by atoms with Crippen LogP contribution in [0.25, 0.3) is 16.7 Å². The van der Waals surface area contributed by atoms with Gasteiger partial charge in [0, 0.05) is 5.75 Å². The zero-order valence-corrected chi connectivity index (χ0v) is 14.4. The standard InChI is InChI=1S/C17H20N4OS/c1-4-5-9-23-17-19-15-13(16(22)20-17)10-18-21(15)14-8-6-7-11(2)12(14)3/h6-8,10H,4-5,9H2,1-3H3,(H,19,20,22). The molecule has 0 bridgehead atoms. The summed E-state index contributed by atoms with van der Waals surface area (Å²) >= 11 is 1.58. The number of hydrogen-bond donors (Lipinski definition) is 1. The Morgan fingerprint density at radius 2 is 2.13 bits per heavy atom. The second-order valence-electron chi connectivity index (χ2n) is 5.59. The largest absolute Gasteiger partial charge is 0.301 e. The van der Waals surface area contributed by atoms with E-state index in [0.717, 1.165) is 29.8 Å². The van der Waals surface area contributed by atoms with Gasteiger partial charge in [-0.05, 0) is 37.5 Å². The van der Waals surface area contributed by atoms with Crippen molar-refractivity contribution in [2.45, 2.75) is 38.8 Å². The molecule has 3 rings (SSSR count). The molecule has 0 fully saturated rings. The first kappa shape index (κ1) is 15.8. The third-order valence-corrected chi connectivity index (χ3v) is 4.92. The monoisotopic (exact) mass is 328 g/mol. The smallest absolute Gasteiger partial charge is 0.262 e. The van der Waals surface area contributed by atoms with Crippen LogP contribution in [0.5, 0.6) is 0 Å². The lowest BCUT2D eigenvalue weighted by molar-refractivity contribution is 0.861. The second kappa shape index (κ2) is 6.58. The van der Waals surface area contributed by atoms with Crippen molar-refractivity contribution in [1.82, 2.24) is 19.7 Å². The van der Waals surface area contributed by atoms with Crippen LogP contribution in [0.1, 0.15) is 30.9 Å². The van der Waals surface area contributed by atoms with E-state index in [1.807, 2.05) is 12.1 Å². The van der Waals surface area contributed by atoms with Crippen molar-refractivity contribution in [3.63, 3.8) is 0 Å². The van der Waals surface area contributed by atoms with Gasteiger partial charge in [-0.25, -0.2) is 9.67 Å². The van der Waals surface area contributed by atoms with Gasteiger partial charge < -0.3 is 4.98 Å². The molecule has 0 amide bonds. The van der Waals surface area contributed by atoms with Crippen LogP contribution in [-0.2, 0) is 0 Å². The molecule has 5 nitrogen and oxygen atoms in total. The van der Waals surface area contributed by atoms with Crippen molar-refractivity contribution in [1.29, 1.82) is 0 Å². The Hall–Kier alpha value is -2.08. The maximum atomic E-state index is 12.3. The van der Waals surface area contributed by atoms with Crippen LogP contribution >= 0.6 is 11.8 Å². The molecule has 1 N–H and O–H groups in total. The molecule has 3 aromatic rings. The van der Waals surface area contributed by atoms with Crippen LogP contribution in [0.15, 0.2) is 34.3 Å². The number of benzene rings is 1. The summed E-state index contributed by atoms with van der Waals surface area (Å²) in [5.74, 6) is 0.947. The Balaban J connectivity index is 2.11. The summed E-state index contributed by atoms with van der Waals surface area (Å²) in [6.45, 7) is 6.27. The normalized spacial score (nSPS) is 11.3. The second-order valence-corrected chi connectivity index (χ2v) is 6.67. The van der Waals surface area contributed by atoms with E-state index in [4.69, 9.17) is 0 Å². The average molecular weight is 328 g/mol. The fourth-order valence-electron chi connectivity index (χ4n) is 2.42. The number of aromatic amines is 1. The van der Waals surface area contributed by atoms with Crippen LogP contribution in [0, 0.1) is 13.8 Å². The predicted molar refractivity (Wildman–Crippen MR) is 94.6 cm³/mol. The summed E-state index contributed by atoms with van der Waals surface area (Å²) < 4.78 is 1.76. The third kappa shape index (κ3) is 3.03. The van der Waals surface area contributed by atoms with Crippen LogP contribution in [0.4, 0.5) is 0 Å². The Labute approximate surface area is 139 Å². The molecular weight excluding hydrogens is 308 g/mol. The third-order valence-electron chi connectivity index (χ3n) is 3.96. The van der Waals surface area contributed by atoms with Crippen molar-refractivity contribution >= 4 is 22.8 Å². The number of fused-ring (bicyclic) bond motifs is 1. The molecule has 6 heteroatoms. The highest BCUT2D eigenvalue weighted by atomic mass is 32.2. The number of aryl methyl sites for hydroxylation is 1. The lowest BCUT2D eigenvalue weighted by atomic mass is 10.1.